The summed E-state index contributed by atoms with van der Waals surface area (Å²) in [5.74, 6) is -2.24. The van der Waals surface area contributed by atoms with Gasteiger partial charge in [-0.05, 0) is 44.9 Å². The van der Waals surface area contributed by atoms with Crippen molar-refractivity contribution in [3.05, 3.63) is 24.3 Å². The molecule has 0 radical (unpaired) electrons. The summed E-state index contributed by atoms with van der Waals surface area (Å²) in [6.07, 6.45) is 97.7. The maximum absolute atomic E-state index is 13.0. The number of carbonyl (C=O) groups is 3. The highest BCUT2D eigenvalue weighted by Crippen LogP contribution is 2.21. The van der Waals surface area contributed by atoms with E-state index in [9.17, 15) is 19.5 Å². The summed E-state index contributed by atoms with van der Waals surface area (Å²) in [5, 5.41) is 11.9. The Balaban J connectivity index is 3.90. The largest absolute Gasteiger partial charge is 0.545 e. The van der Waals surface area contributed by atoms with Crippen LogP contribution in [0.25, 0.3) is 0 Å². The number of allylic oxidation sites excluding steroid dienone is 4. The smallest absolute Gasteiger partial charge is 0.306 e. The molecule has 0 spiro atoms. The minimum Gasteiger partial charge on any atom is -0.545 e. The Bertz CT molecular complexity index is 1630. The number of hydrogen-bond acceptors (Lipinski definition) is 8. The number of esters is 2. The van der Waals surface area contributed by atoms with E-state index in [0.29, 0.717) is 17.4 Å². The van der Waals surface area contributed by atoms with Crippen molar-refractivity contribution in [1.29, 1.82) is 0 Å². The maximum Gasteiger partial charge on any atom is 0.306 e. The molecule has 9 heteroatoms. The lowest BCUT2D eigenvalue weighted by Gasteiger charge is -2.26. The van der Waals surface area contributed by atoms with Crippen molar-refractivity contribution in [3.8, 4) is 0 Å². The fourth-order valence-corrected chi connectivity index (χ4v) is 13.4. The minimum absolute atomic E-state index is 0.153. The molecule has 0 aromatic heterocycles. The van der Waals surface area contributed by atoms with Gasteiger partial charge in [0.05, 0.1) is 40.3 Å². The topological polar surface area (TPSA) is 111 Å². The van der Waals surface area contributed by atoms with Crippen LogP contribution in [0, 0.1) is 0 Å². The zero-order valence-corrected chi connectivity index (χ0v) is 65.3. The van der Waals surface area contributed by atoms with Gasteiger partial charge >= 0.3 is 11.9 Å². The average Bonchev–Trinajstić information content (AvgIpc) is 2.59. The lowest BCUT2D eigenvalue weighted by Crippen LogP contribution is -2.44. The Morgan fingerprint density at radius 3 is 0.823 bits per heavy atom. The minimum atomic E-state index is -1.62. The molecule has 2 unspecified atom stereocenters. The molecule has 0 rings (SSSR count). The molecule has 0 N–H and O–H groups in total. The molecule has 9 nitrogen and oxygen atoms in total. The molecule has 0 aromatic rings. The number of unbranched alkanes of at least 4 members (excludes halogenated alkanes) is 63. The van der Waals surface area contributed by atoms with Crippen molar-refractivity contribution in [2.45, 2.75) is 469 Å². The lowest BCUT2D eigenvalue weighted by molar-refractivity contribution is -0.870. The number of rotatable bonds is 82. The normalized spacial score (nSPS) is 12.6. The van der Waals surface area contributed by atoms with Gasteiger partial charge in [-0.15, -0.1) is 0 Å². The van der Waals surface area contributed by atoms with Gasteiger partial charge in [0.2, 0.25) is 0 Å². The van der Waals surface area contributed by atoms with Gasteiger partial charge in [0, 0.05) is 12.8 Å². The van der Waals surface area contributed by atoms with Crippen molar-refractivity contribution >= 4 is 17.9 Å². The molecule has 0 saturated heterocycles. The molecule has 0 aromatic carbocycles. The van der Waals surface area contributed by atoms with E-state index in [0.717, 1.165) is 44.9 Å². The molecular weight excluding hydrogens is 1190 g/mol. The molecule has 0 saturated carbocycles. The molecule has 0 aliphatic carbocycles. The number of likely N-dealkylation sites (N-methyl/N-ethyl adjacent to an activating group) is 1. The molecular formula is C87H167NO8. The monoisotopic (exact) mass is 1350 g/mol. The first kappa shape index (κ1) is 93.8. The van der Waals surface area contributed by atoms with Gasteiger partial charge in [0.15, 0.2) is 12.4 Å². The van der Waals surface area contributed by atoms with Gasteiger partial charge < -0.3 is 33.3 Å². The highest BCUT2D eigenvalue weighted by molar-refractivity contribution is 5.70. The summed E-state index contributed by atoms with van der Waals surface area (Å²) in [6.45, 7) is 4.84. The van der Waals surface area contributed by atoms with Crippen LogP contribution in [-0.4, -0.2) is 82.3 Å². The first-order chi connectivity index (χ1) is 47.1. The van der Waals surface area contributed by atoms with E-state index >= 15 is 0 Å². The van der Waals surface area contributed by atoms with Crippen molar-refractivity contribution < 1.29 is 42.9 Å². The van der Waals surface area contributed by atoms with E-state index in [2.05, 4.69) is 38.2 Å². The summed E-state index contributed by atoms with van der Waals surface area (Å²) in [5.41, 5.74) is 0. The van der Waals surface area contributed by atoms with Crippen LogP contribution in [-0.2, 0) is 33.3 Å². The maximum atomic E-state index is 13.0. The zero-order chi connectivity index (χ0) is 69.7. The van der Waals surface area contributed by atoms with Crippen molar-refractivity contribution in [2.24, 2.45) is 0 Å². The number of carboxylic acid groups (broad SMARTS) is 1. The number of carbonyl (C=O) groups excluding carboxylic acids is 3. The molecule has 2 atom stereocenters. The fraction of sp³-hybridized carbons (Fsp3) is 0.920. The predicted octanol–water partition coefficient (Wildman–Crippen LogP) is 26.3. The predicted molar refractivity (Wildman–Crippen MR) is 413 cm³/mol. The Hall–Kier alpha value is -2.23. The van der Waals surface area contributed by atoms with E-state index in [1.807, 2.05) is 21.1 Å². The van der Waals surface area contributed by atoms with E-state index in [4.69, 9.17) is 18.9 Å². The number of hydrogen-bond donors (Lipinski definition) is 0. The first-order valence-electron chi connectivity index (χ1n) is 43.0. The van der Waals surface area contributed by atoms with Gasteiger partial charge in [-0.1, -0.05) is 423 Å². The van der Waals surface area contributed by atoms with Crippen LogP contribution >= 0.6 is 0 Å². The van der Waals surface area contributed by atoms with E-state index < -0.39 is 24.3 Å². The Morgan fingerprint density at radius 1 is 0.312 bits per heavy atom. The van der Waals surface area contributed by atoms with Gasteiger partial charge in [-0.3, -0.25) is 9.59 Å². The molecule has 0 aliphatic rings. The second kappa shape index (κ2) is 78.5. The number of carboxylic acids is 1. The number of aliphatic carboxylic acids is 1. The second-order valence-corrected chi connectivity index (χ2v) is 30.8. The lowest BCUT2D eigenvalue weighted by atomic mass is 10.0. The molecule has 0 aliphatic heterocycles. The molecule has 0 fully saturated rings. The Kier molecular flexibility index (Phi) is 76.7. The van der Waals surface area contributed by atoms with Gasteiger partial charge in [-0.25, -0.2) is 0 Å². The zero-order valence-electron chi connectivity index (χ0n) is 65.3. The average molecular weight is 1360 g/mol. The van der Waals surface area contributed by atoms with Crippen molar-refractivity contribution in [1.82, 2.24) is 0 Å². The molecule has 568 valence electrons. The summed E-state index contributed by atoms with van der Waals surface area (Å²) < 4.78 is 22.9. The fourth-order valence-electron chi connectivity index (χ4n) is 13.4. The number of nitrogens with zero attached hydrogens (tertiary/aromatic N) is 1. The highest BCUT2D eigenvalue weighted by Gasteiger charge is 2.22. The summed E-state index contributed by atoms with van der Waals surface area (Å²) in [7, 11) is 5.96. The number of ether oxygens (including phenoxy) is 4. The Labute approximate surface area is 598 Å². The van der Waals surface area contributed by atoms with Crippen LogP contribution in [0.15, 0.2) is 24.3 Å². The third kappa shape index (κ3) is 79.1. The van der Waals surface area contributed by atoms with Crippen LogP contribution in [0.1, 0.15) is 457 Å². The molecule has 96 heavy (non-hydrogen) atoms. The Morgan fingerprint density at radius 2 is 0.562 bits per heavy atom. The van der Waals surface area contributed by atoms with Crippen LogP contribution in [0.3, 0.4) is 0 Å². The van der Waals surface area contributed by atoms with Crippen molar-refractivity contribution in [3.63, 3.8) is 0 Å². The van der Waals surface area contributed by atoms with E-state index in [-0.39, 0.29) is 32.2 Å². The third-order valence-corrected chi connectivity index (χ3v) is 20.0. The van der Waals surface area contributed by atoms with Crippen LogP contribution in [0.5, 0.6) is 0 Å². The highest BCUT2D eigenvalue weighted by atomic mass is 16.7. The molecule has 0 amide bonds. The van der Waals surface area contributed by atoms with Gasteiger partial charge in [0.1, 0.15) is 13.2 Å². The summed E-state index contributed by atoms with van der Waals surface area (Å²) >= 11 is 0. The van der Waals surface area contributed by atoms with Crippen LogP contribution < -0.4 is 5.11 Å². The second-order valence-electron chi connectivity index (χ2n) is 30.8. The number of quaternary nitrogens is 1. The first-order valence-corrected chi connectivity index (χ1v) is 43.0. The summed E-state index contributed by atoms with van der Waals surface area (Å²) in [4.78, 5) is 37.6. The summed E-state index contributed by atoms with van der Waals surface area (Å²) in [6, 6.07) is 0. The SMILES string of the molecule is CCCCCCC/C=C\C/C=C\CCCCCCCCCCCCCCCCCCCCCCCCCCCCCCCC(=O)OC(COC(=O)CCCCCCCCCCCCCCCCCCCCCCCCCCCCCCCC)COC(OCC[N+](C)(C)C)C(=O)[O-]. The van der Waals surface area contributed by atoms with E-state index in [1.54, 1.807) is 0 Å². The third-order valence-electron chi connectivity index (χ3n) is 20.0. The molecule has 0 heterocycles. The van der Waals surface area contributed by atoms with Crippen LogP contribution in [0.4, 0.5) is 0 Å². The van der Waals surface area contributed by atoms with Gasteiger partial charge in [0.25, 0.3) is 0 Å². The quantitative estimate of drug-likeness (QED) is 0.0195. The van der Waals surface area contributed by atoms with Crippen LogP contribution in [0.2, 0.25) is 0 Å². The molecule has 0 bridgehead atoms. The van der Waals surface area contributed by atoms with Gasteiger partial charge in [-0.2, -0.15) is 0 Å². The van der Waals surface area contributed by atoms with E-state index in [1.165, 1.54) is 385 Å². The van der Waals surface area contributed by atoms with Crippen molar-refractivity contribution in [2.75, 3.05) is 47.5 Å². The standard InChI is InChI=1S/C87H167NO8/c1-6-8-10-12-14-16-18-20-22-24-26-28-30-32-34-36-38-39-40-41-42-43-44-45-46-47-48-50-52-54-56-58-60-62-64-66-68-70-72-74-76-78-85(90)96-83(82-95-87(86(91)92)93-80-79-88(3,4)5)81-94-84(89)77-75-73-71-69-67-65-63-61-59-57-55-53-51-49-37-35-33-31-29-27-25-23-21-19-17-15-13-11-9-7-2/h18,20,24,26,83,87H,6-17,19,21-23,25,27-82H2,1-5H3/b20-18-,26-24-.